The Bertz CT molecular complexity index is 1410. The molecule has 2 heterocycles. The number of H-pyrrole nitrogens is 1. The maximum atomic E-state index is 14.6. The molecule has 0 spiro atoms. The fourth-order valence-corrected chi connectivity index (χ4v) is 4.80. The number of fused-ring (bicyclic) bond motifs is 1. The van der Waals surface area contributed by atoms with Crippen LogP contribution in [0.5, 0.6) is 5.75 Å². The summed E-state index contributed by atoms with van der Waals surface area (Å²) >= 11 is 0. The zero-order valence-electron chi connectivity index (χ0n) is 22.9. The molecule has 210 valence electrons. The number of ether oxygens (including phenoxy) is 3. The Morgan fingerprint density at radius 1 is 1.21 bits per heavy atom. The molecular weight excluding hydrogens is 507 g/mol. The second-order valence-corrected chi connectivity index (χ2v) is 10.5. The number of methoxy groups -OCH3 is 1. The lowest BCUT2D eigenvalue weighted by molar-refractivity contribution is -0.145. The Labute approximate surface area is 226 Å². The van der Waals surface area contributed by atoms with Crippen LogP contribution in [0.4, 0.5) is 9.18 Å². The number of amides is 1. The van der Waals surface area contributed by atoms with Gasteiger partial charge in [0.1, 0.15) is 34.8 Å². The molecule has 4 rings (SSSR count). The van der Waals surface area contributed by atoms with Gasteiger partial charge in [-0.15, -0.1) is 0 Å². The molecule has 1 aromatic heterocycles. The van der Waals surface area contributed by atoms with Gasteiger partial charge in [0.25, 0.3) is 0 Å². The van der Waals surface area contributed by atoms with Crippen molar-refractivity contribution in [3.8, 4) is 16.9 Å². The van der Waals surface area contributed by atoms with Crippen molar-refractivity contribution in [3.63, 3.8) is 0 Å². The third-order valence-corrected chi connectivity index (χ3v) is 6.49. The average Bonchev–Trinajstić information content (AvgIpc) is 3.45. The van der Waals surface area contributed by atoms with Crippen LogP contribution in [0.3, 0.4) is 0 Å². The van der Waals surface area contributed by atoms with Crippen LogP contribution in [-0.2, 0) is 20.8 Å². The highest BCUT2D eigenvalue weighted by atomic mass is 19.1. The topological polar surface area (TPSA) is 115 Å². The molecular formula is C28H35FN4O6. The fourth-order valence-electron chi connectivity index (χ4n) is 4.80. The summed E-state index contributed by atoms with van der Waals surface area (Å²) in [6.07, 6.45) is -0.174. The fraction of sp³-hybridized carbons (Fsp3) is 0.464. The highest BCUT2D eigenvalue weighted by molar-refractivity contribution is 5.93. The van der Waals surface area contributed by atoms with Gasteiger partial charge in [-0.1, -0.05) is 12.1 Å². The molecule has 0 aliphatic carbocycles. The minimum atomic E-state index is -0.832. The van der Waals surface area contributed by atoms with Crippen molar-refractivity contribution in [2.24, 2.45) is 0 Å². The van der Waals surface area contributed by atoms with Crippen molar-refractivity contribution >= 4 is 23.1 Å². The first-order valence-corrected chi connectivity index (χ1v) is 12.9. The normalized spacial score (nSPS) is 17.4. The lowest BCUT2D eigenvalue weighted by Gasteiger charge is -2.27. The Morgan fingerprint density at radius 2 is 1.97 bits per heavy atom. The third-order valence-electron chi connectivity index (χ3n) is 6.49. The van der Waals surface area contributed by atoms with Crippen LogP contribution < -0.4 is 15.7 Å². The van der Waals surface area contributed by atoms with Crippen LogP contribution in [-0.4, -0.2) is 71.5 Å². The smallest absolute Gasteiger partial charge is 0.411 e. The van der Waals surface area contributed by atoms with E-state index < -0.39 is 35.6 Å². The van der Waals surface area contributed by atoms with E-state index in [1.807, 2.05) is 13.1 Å². The van der Waals surface area contributed by atoms with E-state index in [1.165, 1.54) is 18.1 Å². The predicted octanol–water partition coefficient (Wildman–Crippen LogP) is 3.68. The first-order chi connectivity index (χ1) is 18.5. The highest BCUT2D eigenvalue weighted by Crippen LogP contribution is 2.33. The van der Waals surface area contributed by atoms with Gasteiger partial charge in [0.05, 0.1) is 19.2 Å². The third kappa shape index (κ3) is 6.25. The van der Waals surface area contributed by atoms with Gasteiger partial charge in [-0.05, 0) is 70.6 Å². The molecule has 11 heteroatoms. The van der Waals surface area contributed by atoms with E-state index >= 15 is 0 Å². The van der Waals surface area contributed by atoms with Crippen LogP contribution in [0.1, 0.15) is 33.6 Å². The number of likely N-dealkylation sites (tertiary alicyclic amines) is 1. The number of aromatic amines is 1. The second-order valence-electron chi connectivity index (χ2n) is 10.5. The molecule has 10 nitrogen and oxygen atoms in total. The summed E-state index contributed by atoms with van der Waals surface area (Å²) in [6.45, 7) is 6.54. The van der Waals surface area contributed by atoms with Crippen LogP contribution in [0, 0.1) is 5.82 Å². The predicted molar refractivity (Wildman–Crippen MR) is 144 cm³/mol. The van der Waals surface area contributed by atoms with Crippen molar-refractivity contribution in [2.45, 2.75) is 57.9 Å². The summed E-state index contributed by atoms with van der Waals surface area (Å²) in [5.41, 5.74) is 0.938. The first-order valence-electron chi connectivity index (χ1n) is 12.9. The number of rotatable bonds is 8. The molecule has 2 N–H and O–H groups in total. The Morgan fingerprint density at radius 3 is 2.67 bits per heavy atom. The number of aromatic nitrogens is 2. The molecule has 2 aromatic carbocycles. The zero-order valence-corrected chi connectivity index (χ0v) is 22.9. The molecule has 1 aliphatic rings. The standard InChI is InChI=1S/C28H35FN4O6/c1-28(2,3)39-27(36)33-16-19(15-22(33)25(34)37-5)38-18-9-6-8-17(14-18)20-10-11-21(29)23-24(20)32(26(35)31-23)13-7-12-30-4/h6,8-11,14,19,22,30H,7,12-13,15-16H2,1-5H3,(H,31,35)/t19-,22-/m0/s1. The number of aryl methyl sites for hydroxylation is 1. The summed E-state index contributed by atoms with van der Waals surface area (Å²) in [5.74, 6) is -0.546. The van der Waals surface area contributed by atoms with E-state index in [1.54, 1.807) is 49.6 Å². The average molecular weight is 543 g/mol. The van der Waals surface area contributed by atoms with E-state index in [4.69, 9.17) is 14.2 Å². The molecule has 2 atom stereocenters. The molecule has 0 radical (unpaired) electrons. The van der Waals surface area contributed by atoms with Gasteiger partial charge in [0.2, 0.25) is 0 Å². The number of halogens is 1. The number of hydrogen-bond donors (Lipinski definition) is 2. The summed E-state index contributed by atoms with van der Waals surface area (Å²) in [5, 5.41) is 3.05. The molecule has 0 saturated carbocycles. The molecule has 1 fully saturated rings. The van der Waals surface area contributed by atoms with Gasteiger partial charge in [-0.3, -0.25) is 9.47 Å². The largest absolute Gasteiger partial charge is 0.488 e. The van der Waals surface area contributed by atoms with Gasteiger partial charge in [-0.2, -0.15) is 0 Å². The lowest BCUT2D eigenvalue weighted by atomic mass is 10.0. The van der Waals surface area contributed by atoms with Crippen molar-refractivity contribution in [2.75, 3.05) is 27.2 Å². The van der Waals surface area contributed by atoms with E-state index in [-0.39, 0.29) is 24.2 Å². The molecule has 1 amide bonds. The Kier molecular flexibility index (Phi) is 8.29. The number of nitrogens with one attached hydrogen (secondary N) is 2. The first kappa shape index (κ1) is 28.2. The minimum absolute atomic E-state index is 0.141. The zero-order chi connectivity index (χ0) is 28.3. The van der Waals surface area contributed by atoms with Gasteiger partial charge >= 0.3 is 17.8 Å². The summed E-state index contributed by atoms with van der Waals surface area (Å²) < 4.78 is 32.8. The van der Waals surface area contributed by atoms with Crippen LogP contribution >= 0.6 is 0 Å². The van der Waals surface area contributed by atoms with Crippen LogP contribution in [0.25, 0.3) is 22.2 Å². The van der Waals surface area contributed by atoms with E-state index in [0.717, 1.165) is 5.56 Å². The van der Waals surface area contributed by atoms with Crippen LogP contribution in [0.15, 0.2) is 41.2 Å². The molecule has 0 unspecified atom stereocenters. The highest BCUT2D eigenvalue weighted by Gasteiger charge is 2.43. The number of benzene rings is 2. The molecule has 39 heavy (non-hydrogen) atoms. The lowest BCUT2D eigenvalue weighted by Crippen LogP contribution is -2.44. The van der Waals surface area contributed by atoms with E-state index in [0.29, 0.717) is 36.3 Å². The van der Waals surface area contributed by atoms with Gasteiger partial charge in [-0.25, -0.2) is 18.8 Å². The van der Waals surface area contributed by atoms with Crippen molar-refractivity contribution in [1.82, 2.24) is 19.8 Å². The van der Waals surface area contributed by atoms with Crippen molar-refractivity contribution in [3.05, 3.63) is 52.7 Å². The maximum Gasteiger partial charge on any atom is 0.411 e. The minimum Gasteiger partial charge on any atom is -0.488 e. The molecule has 1 saturated heterocycles. The summed E-state index contributed by atoms with van der Waals surface area (Å²) in [6, 6.07) is 9.36. The van der Waals surface area contributed by atoms with E-state index in [9.17, 15) is 18.8 Å². The molecule has 0 bridgehead atoms. The number of imidazole rings is 1. The summed E-state index contributed by atoms with van der Waals surface area (Å²) in [7, 11) is 3.11. The second kappa shape index (κ2) is 11.5. The number of carbonyl (C=O) groups excluding carboxylic acids is 2. The molecule has 1 aliphatic heterocycles. The van der Waals surface area contributed by atoms with Crippen LogP contribution in [0.2, 0.25) is 0 Å². The maximum absolute atomic E-state index is 14.6. The number of carbonyl (C=O) groups is 2. The molecule has 3 aromatic rings. The summed E-state index contributed by atoms with van der Waals surface area (Å²) in [4.78, 5) is 41.8. The Hall–Kier alpha value is -3.86. The number of esters is 1. The van der Waals surface area contributed by atoms with Crippen molar-refractivity contribution < 1.29 is 28.2 Å². The SMILES string of the molecule is CNCCCn1c(=O)[nH]c2c(F)ccc(-c3cccc(O[C@H]4C[C@@H](C(=O)OC)N(C(=O)OC(C)(C)C)C4)c3)c21. The van der Waals surface area contributed by atoms with Gasteiger partial charge in [0, 0.05) is 18.5 Å². The monoisotopic (exact) mass is 542 g/mol. The Balaban J connectivity index is 1.62. The van der Waals surface area contributed by atoms with Gasteiger partial charge < -0.3 is 24.5 Å². The number of hydrogen-bond acceptors (Lipinski definition) is 7. The van der Waals surface area contributed by atoms with Gasteiger partial charge in [0.15, 0.2) is 0 Å². The van der Waals surface area contributed by atoms with Crippen molar-refractivity contribution in [1.29, 1.82) is 0 Å². The quantitative estimate of drug-likeness (QED) is 0.330. The number of nitrogens with zero attached hydrogens (tertiary/aromatic N) is 2. The van der Waals surface area contributed by atoms with E-state index in [2.05, 4.69) is 10.3 Å².